The minimum atomic E-state index is -1.74. The zero-order valence-electron chi connectivity index (χ0n) is 26.7. The fourth-order valence-corrected chi connectivity index (χ4v) is 6.02. The number of aliphatic hydroxyl groups excluding tert-OH is 2. The highest BCUT2D eigenvalue weighted by atomic mass is 16.6. The fraction of sp³-hybridized carbons (Fsp3) is 0.714. The number of alkyl carbamates (subject to hydrolysis) is 1. The van der Waals surface area contributed by atoms with Gasteiger partial charge in [0, 0.05) is 6.92 Å². The number of guanidine groups is 1. The molecular formula is C28H48N8O8. The molecule has 1 aromatic rings. The second-order valence-corrected chi connectivity index (χ2v) is 13.7. The van der Waals surface area contributed by atoms with Crippen molar-refractivity contribution in [3.63, 3.8) is 0 Å². The van der Waals surface area contributed by atoms with Gasteiger partial charge in [-0.1, -0.05) is 39.8 Å². The number of ether oxygens (including phenoxy) is 2. The number of aliphatic imine (C=N–C) groups is 1. The molecule has 1 aliphatic heterocycles. The molecule has 0 spiro atoms. The van der Waals surface area contributed by atoms with E-state index in [1.807, 2.05) is 0 Å². The number of aliphatic hydroxyl groups is 2. The van der Waals surface area contributed by atoms with Crippen molar-refractivity contribution in [2.24, 2.45) is 27.3 Å². The van der Waals surface area contributed by atoms with E-state index < -0.39 is 66.7 Å². The third-order valence-corrected chi connectivity index (χ3v) is 6.81. The number of hydrogen-bond donors (Lipinski definition) is 7. The number of nitrogens with two attached hydrogens (primary N) is 2. The van der Waals surface area contributed by atoms with Gasteiger partial charge in [0.2, 0.25) is 11.7 Å². The molecule has 44 heavy (non-hydrogen) atoms. The number of aliphatic carboxylic acids is 1. The van der Waals surface area contributed by atoms with Crippen molar-refractivity contribution in [2.75, 3.05) is 6.61 Å². The van der Waals surface area contributed by atoms with E-state index in [-0.39, 0.29) is 22.9 Å². The van der Waals surface area contributed by atoms with Gasteiger partial charge in [-0.15, -0.1) is 5.10 Å². The number of carbonyl (C=O) groups is 3. The lowest BCUT2D eigenvalue weighted by molar-refractivity contribution is -0.146. The molecule has 5 atom stereocenters. The molecule has 0 unspecified atom stereocenters. The van der Waals surface area contributed by atoms with Crippen molar-refractivity contribution in [3.8, 4) is 0 Å². The van der Waals surface area contributed by atoms with Crippen LogP contribution >= 0.6 is 0 Å². The van der Waals surface area contributed by atoms with Crippen LogP contribution in [0.15, 0.2) is 23.0 Å². The summed E-state index contributed by atoms with van der Waals surface area (Å²) in [6.07, 6.45) is -1.37. The van der Waals surface area contributed by atoms with Crippen LogP contribution in [0, 0.1) is 10.8 Å². The Hall–Kier alpha value is -3.92. The molecule has 0 bridgehead atoms. The van der Waals surface area contributed by atoms with E-state index in [0.717, 1.165) is 18.9 Å². The molecule has 0 aliphatic carbocycles. The molecule has 0 saturated heterocycles. The maximum Gasteiger partial charge on any atom is 0.407 e. The summed E-state index contributed by atoms with van der Waals surface area (Å²) in [4.78, 5) is 40.6. The molecule has 2 amide bonds. The second kappa shape index (κ2) is 14.2. The SMILES string of the molecule is CC(=O)N[C@H]1[C@H]([C@H](OC(=O)NCc2cn(C(C)(C)CC(C)(C)CC(C)(C)C)nn2)[C@H](O)CO)OC(C(=O)O)=C[C@@H]1N=C(N)N. The predicted octanol–water partition coefficient (Wildman–Crippen LogP) is 0.328. The molecular weight excluding hydrogens is 576 g/mol. The van der Waals surface area contributed by atoms with Gasteiger partial charge < -0.3 is 46.9 Å². The number of rotatable bonds is 13. The zero-order valence-corrected chi connectivity index (χ0v) is 26.7. The van der Waals surface area contributed by atoms with Gasteiger partial charge >= 0.3 is 12.1 Å². The van der Waals surface area contributed by atoms with Crippen LogP contribution in [0.1, 0.15) is 73.9 Å². The third-order valence-electron chi connectivity index (χ3n) is 6.81. The average Bonchev–Trinajstić information content (AvgIpc) is 3.34. The van der Waals surface area contributed by atoms with Gasteiger partial charge in [-0.05, 0) is 43.6 Å². The predicted molar refractivity (Wildman–Crippen MR) is 160 cm³/mol. The zero-order chi connectivity index (χ0) is 33.6. The number of carboxylic acids is 1. The van der Waals surface area contributed by atoms with Gasteiger partial charge in [0.15, 0.2) is 18.2 Å². The van der Waals surface area contributed by atoms with E-state index in [9.17, 15) is 29.7 Å². The van der Waals surface area contributed by atoms with E-state index >= 15 is 0 Å². The normalized spacial score (nSPS) is 20.4. The van der Waals surface area contributed by atoms with Crippen molar-refractivity contribution in [1.82, 2.24) is 25.6 Å². The average molecular weight is 625 g/mol. The van der Waals surface area contributed by atoms with Crippen LogP contribution in [-0.4, -0.2) is 91.2 Å². The van der Waals surface area contributed by atoms with Crippen molar-refractivity contribution >= 4 is 23.9 Å². The summed E-state index contributed by atoms with van der Waals surface area (Å²) in [6, 6.07) is -2.36. The Morgan fingerprint density at radius 1 is 1.16 bits per heavy atom. The summed E-state index contributed by atoms with van der Waals surface area (Å²) >= 11 is 0. The molecule has 16 heteroatoms. The lowest BCUT2D eigenvalue weighted by Gasteiger charge is -2.39. The maximum atomic E-state index is 12.9. The molecule has 0 radical (unpaired) electrons. The first-order chi connectivity index (χ1) is 20.1. The lowest BCUT2D eigenvalue weighted by Crippen LogP contribution is -2.61. The Kier molecular flexibility index (Phi) is 11.7. The molecule has 1 aromatic heterocycles. The summed E-state index contributed by atoms with van der Waals surface area (Å²) in [5.41, 5.74) is 11.2. The molecule has 2 rings (SSSR count). The second-order valence-electron chi connectivity index (χ2n) is 13.7. The number of nitrogens with zero attached hydrogens (tertiary/aromatic N) is 4. The molecule has 0 aromatic carbocycles. The summed E-state index contributed by atoms with van der Waals surface area (Å²) in [5, 5.41) is 43.3. The van der Waals surface area contributed by atoms with Crippen LogP contribution in [0.4, 0.5) is 4.79 Å². The molecule has 2 heterocycles. The summed E-state index contributed by atoms with van der Waals surface area (Å²) in [7, 11) is 0. The Labute approximate surface area is 257 Å². The largest absolute Gasteiger partial charge is 0.477 e. The molecule has 16 nitrogen and oxygen atoms in total. The first kappa shape index (κ1) is 36.3. The highest BCUT2D eigenvalue weighted by Crippen LogP contribution is 2.41. The Morgan fingerprint density at radius 3 is 2.32 bits per heavy atom. The van der Waals surface area contributed by atoms with Crippen molar-refractivity contribution in [3.05, 3.63) is 23.7 Å². The van der Waals surface area contributed by atoms with E-state index in [1.165, 1.54) is 6.92 Å². The number of carboxylic acid groups (broad SMARTS) is 1. The quantitative estimate of drug-likeness (QED) is 0.116. The Morgan fingerprint density at radius 2 is 1.80 bits per heavy atom. The van der Waals surface area contributed by atoms with E-state index in [4.69, 9.17) is 20.9 Å². The molecule has 0 fully saturated rings. The van der Waals surface area contributed by atoms with Crippen LogP contribution < -0.4 is 22.1 Å². The van der Waals surface area contributed by atoms with Crippen LogP contribution in [0.3, 0.4) is 0 Å². The van der Waals surface area contributed by atoms with Gasteiger partial charge in [-0.25, -0.2) is 19.3 Å². The standard InChI is InChI=1S/C28H48N8O8/c1-15(38)32-20-17(33-24(29)30)9-19(23(40)41)43-22(20)21(18(39)12-37)44-25(42)31-10-16-11-36(35-34-16)28(7,8)14-27(5,6)13-26(2,3)4/h9,11,17-18,20-22,37,39H,10,12-14H2,1-8H3,(H,31,42)(H,32,38)(H,40,41)(H4,29,30,33)/t17-,18+,20+,21+,22+/m0/s1. The van der Waals surface area contributed by atoms with Crippen LogP contribution in [0.5, 0.6) is 0 Å². The van der Waals surface area contributed by atoms with E-state index in [2.05, 4.69) is 74.4 Å². The Bertz CT molecular complexity index is 1230. The number of aromatic nitrogens is 3. The van der Waals surface area contributed by atoms with Crippen LogP contribution in [0.25, 0.3) is 0 Å². The lowest BCUT2D eigenvalue weighted by atomic mass is 9.70. The monoisotopic (exact) mass is 624 g/mol. The van der Waals surface area contributed by atoms with Crippen molar-refractivity contribution in [1.29, 1.82) is 0 Å². The first-order valence-corrected chi connectivity index (χ1v) is 14.3. The van der Waals surface area contributed by atoms with Crippen molar-refractivity contribution in [2.45, 2.75) is 111 Å². The summed E-state index contributed by atoms with van der Waals surface area (Å²) in [5.74, 6) is -3.10. The topological polar surface area (TPSA) is 250 Å². The number of hydrogen-bond acceptors (Lipinski definition) is 10. The number of carbonyl (C=O) groups excluding carboxylic acids is 2. The summed E-state index contributed by atoms with van der Waals surface area (Å²) in [6.45, 7) is 15.4. The molecule has 248 valence electrons. The number of nitrogens with one attached hydrogen (secondary N) is 2. The van der Waals surface area contributed by atoms with E-state index in [1.54, 1.807) is 10.9 Å². The Balaban J connectivity index is 2.23. The summed E-state index contributed by atoms with van der Waals surface area (Å²) < 4.78 is 12.7. The highest BCUT2D eigenvalue weighted by Gasteiger charge is 2.46. The minimum Gasteiger partial charge on any atom is -0.477 e. The minimum absolute atomic E-state index is 0.0185. The smallest absolute Gasteiger partial charge is 0.407 e. The molecule has 0 saturated carbocycles. The van der Waals surface area contributed by atoms with Crippen LogP contribution in [-0.2, 0) is 31.1 Å². The third kappa shape index (κ3) is 10.7. The first-order valence-electron chi connectivity index (χ1n) is 14.3. The number of amides is 2. The fourth-order valence-electron chi connectivity index (χ4n) is 6.02. The maximum absolute atomic E-state index is 12.9. The van der Waals surface area contributed by atoms with Gasteiger partial charge in [-0.3, -0.25) is 4.79 Å². The van der Waals surface area contributed by atoms with Gasteiger partial charge in [0.05, 0.1) is 37.0 Å². The molecule has 9 N–H and O–H groups in total. The highest BCUT2D eigenvalue weighted by molar-refractivity contribution is 5.85. The van der Waals surface area contributed by atoms with Gasteiger partial charge in [-0.2, -0.15) is 0 Å². The van der Waals surface area contributed by atoms with Gasteiger partial charge in [0.25, 0.3) is 0 Å². The van der Waals surface area contributed by atoms with E-state index in [0.29, 0.717) is 5.69 Å². The molecule has 1 aliphatic rings. The van der Waals surface area contributed by atoms with Crippen LogP contribution in [0.2, 0.25) is 0 Å². The van der Waals surface area contributed by atoms with Crippen molar-refractivity contribution < 1.29 is 39.2 Å². The van der Waals surface area contributed by atoms with Gasteiger partial charge in [0.1, 0.15) is 11.8 Å².